The van der Waals surface area contributed by atoms with E-state index in [9.17, 15) is 31.5 Å². The highest BCUT2D eigenvalue weighted by Gasteiger charge is 2.31. The lowest BCUT2D eigenvalue weighted by atomic mass is 10.1. The molecule has 0 aromatic heterocycles. The van der Waals surface area contributed by atoms with Crippen LogP contribution in [0.3, 0.4) is 0 Å². The second-order valence-corrected chi connectivity index (χ2v) is 23.4. The third-order valence-corrected chi connectivity index (χ3v) is 15.4. The molecule has 0 unspecified atom stereocenters. The zero-order chi connectivity index (χ0) is 54.3. The third-order valence-electron chi connectivity index (χ3n) is 10.6. The molecule has 0 saturated carbocycles. The molecule has 404 valence electrons. The number of hydrogen-bond donors (Lipinski definition) is 1. The number of aliphatic hydroxyl groups is 1. The molecule has 2 aliphatic rings. The van der Waals surface area contributed by atoms with Crippen LogP contribution in [0.1, 0.15) is 86.1 Å². The van der Waals surface area contributed by atoms with Gasteiger partial charge in [-0.1, -0.05) is 40.2 Å². The van der Waals surface area contributed by atoms with Crippen molar-refractivity contribution < 1.29 is 74.2 Å². The van der Waals surface area contributed by atoms with Crippen molar-refractivity contribution in [2.45, 2.75) is 117 Å². The van der Waals surface area contributed by atoms with Gasteiger partial charge in [0.05, 0.1) is 50.4 Å². The number of sulfonamides is 2. The van der Waals surface area contributed by atoms with Crippen LogP contribution in [0.15, 0.2) is 70.5 Å². The molecule has 2 heterocycles. The van der Waals surface area contributed by atoms with E-state index >= 15 is 0 Å². The Kier molecular flexibility index (Phi) is 22.5. The second kappa shape index (κ2) is 27.1. The number of rotatable bonds is 18. The lowest BCUT2D eigenvalue weighted by Gasteiger charge is -2.25. The number of fused-ring (bicyclic) bond motifs is 2. The lowest BCUT2D eigenvalue weighted by Crippen LogP contribution is -2.35. The highest BCUT2D eigenvalue weighted by Crippen LogP contribution is 2.33. The van der Waals surface area contributed by atoms with Crippen LogP contribution in [-0.2, 0) is 79.6 Å². The minimum absolute atomic E-state index is 0.00566. The maximum Gasteiger partial charge on any atom is 0.332 e. The van der Waals surface area contributed by atoms with E-state index in [1.807, 2.05) is 57.2 Å². The highest BCUT2D eigenvalue weighted by atomic mass is 79.9. The van der Waals surface area contributed by atoms with Gasteiger partial charge in [-0.05, 0) is 139 Å². The van der Waals surface area contributed by atoms with Gasteiger partial charge in [-0.3, -0.25) is 4.79 Å². The molecule has 0 fully saturated rings. The van der Waals surface area contributed by atoms with Crippen LogP contribution in [0.2, 0.25) is 0 Å². The minimum atomic E-state index is -3.92. The zero-order valence-corrected chi connectivity index (χ0v) is 47.1. The molecule has 2 aliphatic heterocycles. The molecule has 0 bridgehead atoms. The van der Waals surface area contributed by atoms with E-state index in [4.69, 9.17) is 42.6 Å². The molecular formula is C52H71BrN2O16S2. The topological polar surface area (TPSA) is 212 Å². The minimum Gasteiger partial charge on any atom is -0.497 e. The van der Waals surface area contributed by atoms with Crippen molar-refractivity contribution in [3.63, 3.8) is 0 Å². The van der Waals surface area contributed by atoms with Gasteiger partial charge >= 0.3 is 11.9 Å². The number of benzene rings is 4. The van der Waals surface area contributed by atoms with Crippen LogP contribution < -0.4 is 18.9 Å². The van der Waals surface area contributed by atoms with Gasteiger partial charge < -0.3 is 47.7 Å². The molecule has 0 amide bonds. The maximum absolute atomic E-state index is 13.9. The van der Waals surface area contributed by atoms with Crippen LogP contribution in [0, 0.1) is 27.7 Å². The van der Waals surface area contributed by atoms with Gasteiger partial charge in [-0.15, -0.1) is 0 Å². The van der Waals surface area contributed by atoms with E-state index in [-0.39, 0.29) is 86.3 Å². The lowest BCUT2D eigenvalue weighted by molar-refractivity contribution is -0.160. The summed E-state index contributed by atoms with van der Waals surface area (Å²) < 4.78 is 105. The molecule has 1 N–H and O–H groups in total. The molecule has 73 heavy (non-hydrogen) atoms. The van der Waals surface area contributed by atoms with Crippen LogP contribution in [0.4, 0.5) is 0 Å². The van der Waals surface area contributed by atoms with Gasteiger partial charge in [-0.2, -0.15) is 8.61 Å². The van der Waals surface area contributed by atoms with Crippen molar-refractivity contribution in [2.75, 3.05) is 66.0 Å². The molecular weight excluding hydrogens is 1050 g/mol. The molecule has 18 nitrogen and oxygen atoms in total. The first kappa shape index (κ1) is 60.7. The number of halogens is 1. The van der Waals surface area contributed by atoms with E-state index in [0.29, 0.717) is 58.5 Å². The summed E-state index contributed by atoms with van der Waals surface area (Å²) in [5, 5.41) is 9.74. The average Bonchev–Trinajstić information content (AvgIpc) is 3.30. The number of carbonyl (C=O) groups is 2. The van der Waals surface area contributed by atoms with Crippen LogP contribution in [-0.4, -0.2) is 120 Å². The predicted molar refractivity (Wildman–Crippen MR) is 277 cm³/mol. The second-order valence-electron chi connectivity index (χ2n) is 19.0. The Morgan fingerprint density at radius 2 is 1.03 bits per heavy atom. The zero-order valence-electron chi connectivity index (χ0n) is 43.9. The summed E-state index contributed by atoms with van der Waals surface area (Å²) in [5.41, 5.74) is 4.75. The Balaban J connectivity index is 0.000000276. The number of alkyl halides is 1. The van der Waals surface area contributed by atoms with E-state index in [0.717, 1.165) is 22.3 Å². The summed E-state index contributed by atoms with van der Waals surface area (Å²) >= 11 is 2.99. The highest BCUT2D eigenvalue weighted by molar-refractivity contribution is 9.09. The van der Waals surface area contributed by atoms with Crippen molar-refractivity contribution in [3.05, 3.63) is 105 Å². The van der Waals surface area contributed by atoms with Crippen LogP contribution in [0.5, 0.6) is 23.0 Å². The fraction of sp³-hybridized carbons (Fsp3) is 0.500. The SMILES string of the molecule is CC(C)(C)OC(=O)CBr.COc1cc(C)c(S(=O)(=O)N(CCO)Cc2ccc3c(c2)OCOC3)c(C)c1.COc1cc(C)c(S(=O)(=O)N(CCOCC(=O)OC(C)(C)C)Cc2ccc3c(c2)OCOC3)c(C)c1. The number of ether oxygens (including phenoxy) is 9. The van der Waals surface area contributed by atoms with Crippen molar-refractivity contribution in [2.24, 2.45) is 0 Å². The number of aliphatic hydroxyl groups excluding tert-OH is 1. The normalized spacial score (nSPS) is 13.5. The Labute approximate surface area is 439 Å². The summed E-state index contributed by atoms with van der Waals surface area (Å²) in [4.78, 5) is 23.0. The van der Waals surface area contributed by atoms with Crippen molar-refractivity contribution in [3.8, 4) is 23.0 Å². The quantitative estimate of drug-likeness (QED) is 0.0572. The summed E-state index contributed by atoms with van der Waals surface area (Å²) in [6.07, 6.45) is 0. The smallest absolute Gasteiger partial charge is 0.332 e. The molecule has 4 aromatic carbocycles. The van der Waals surface area contributed by atoms with Gasteiger partial charge in [0.15, 0.2) is 13.6 Å². The van der Waals surface area contributed by atoms with Crippen LogP contribution in [0.25, 0.3) is 0 Å². The van der Waals surface area contributed by atoms with Crippen molar-refractivity contribution in [1.29, 1.82) is 0 Å². The summed E-state index contributed by atoms with van der Waals surface area (Å²) in [7, 11) is -4.65. The van der Waals surface area contributed by atoms with Gasteiger partial charge in [0.2, 0.25) is 20.0 Å². The Morgan fingerprint density at radius 1 is 0.630 bits per heavy atom. The number of hydrogen-bond acceptors (Lipinski definition) is 16. The van der Waals surface area contributed by atoms with E-state index < -0.39 is 31.6 Å². The number of esters is 2. The summed E-state index contributed by atoms with van der Waals surface area (Å²) in [6, 6.07) is 17.9. The number of methoxy groups -OCH3 is 2. The van der Waals surface area contributed by atoms with Gasteiger partial charge in [0.1, 0.15) is 46.1 Å². The van der Waals surface area contributed by atoms with E-state index in [2.05, 4.69) is 15.9 Å². The van der Waals surface area contributed by atoms with E-state index in [1.54, 1.807) is 87.0 Å². The maximum atomic E-state index is 13.9. The number of aryl methyl sites for hydroxylation is 4. The molecule has 0 spiro atoms. The molecule has 0 atom stereocenters. The summed E-state index contributed by atoms with van der Waals surface area (Å²) in [6.45, 7) is 18.8. The first-order valence-corrected chi connectivity index (χ1v) is 27.4. The third kappa shape index (κ3) is 18.2. The number of carbonyl (C=O) groups excluding carboxylic acids is 2. The Bertz CT molecular complexity index is 2690. The Hall–Kier alpha value is -4.84. The average molecular weight is 1120 g/mol. The molecule has 6 rings (SSSR count). The number of nitrogens with zero attached hydrogens (tertiary/aromatic N) is 2. The Morgan fingerprint density at radius 3 is 1.38 bits per heavy atom. The largest absolute Gasteiger partial charge is 0.497 e. The van der Waals surface area contributed by atoms with Gasteiger partial charge in [0.25, 0.3) is 0 Å². The standard InChI is InChI=1S/C26H35NO8S.C20H25NO6S.C6H11BrO2/c1-18-11-22(31-6)12-19(2)25(18)36(29,30)27(9-10-32-16-24(28)35-26(3,4)5)14-20-7-8-21-15-33-17-34-23(21)13-20;1-14-8-18(25-3)9-15(2)20(14)28(23,24)21(6-7-22)11-16-4-5-17-12-26-13-27-19(17)10-16;1-6(2,3)9-5(8)4-7/h7-8,11-13H,9-10,14-17H2,1-6H3;4-5,8-10,22H,6-7,11-13H2,1-3H3;4H2,1-3H3. The molecule has 21 heteroatoms. The van der Waals surface area contributed by atoms with Crippen molar-refractivity contribution >= 4 is 47.9 Å². The molecule has 0 aliphatic carbocycles. The molecule has 4 aromatic rings. The predicted octanol–water partition coefficient (Wildman–Crippen LogP) is 7.81. The van der Waals surface area contributed by atoms with Crippen LogP contribution >= 0.6 is 15.9 Å². The monoisotopic (exact) mass is 1120 g/mol. The van der Waals surface area contributed by atoms with Crippen molar-refractivity contribution in [1.82, 2.24) is 8.61 Å². The van der Waals surface area contributed by atoms with E-state index in [1.165, 1.54) is 8.61 Å². The first-order valence-electron chi connectivity index (χ1n) is 23.4. The molecule has 0 radical (unpaired) electrons. The van der Waals surface area contributed by atoms with Gasteiger partial charge in [0, 0.05) is 37.3 Å². The van der Waals surface area contributed by atoms with Gasteiger partial charge in [-0.25, -0.2) is 21.6 Å². The fourth-order valence-electron chi connectivity index (χ4n) is 7.69. The fourth-order valence-corrected chi connectivity index (χ4v) is 11.5. The molecule has 0 saturated heterocycles. The first-order chi connectivity index (χ1) is 34.2. The summed E-state index contributed by atoms with van der Waals surface area (Å²) in [5.74, 6) is 1.84.